The van der Waals surface area contributed by atoms with Crippen LogP contribution in [-0.2, 0) is 4.79 Å². The van der Waals surface area contributed by atoms with Crippen molar-refractivity contribution in [2.24, 2.45) is 0 Å². The van der Waals surface area contributed by atoms with Gasteiger partial charge in [0.25, 0.3) is 0 Å². The maximum absolute atomic E-state index is 14.3. The fourth-order valence-corrected chi connectivity index (χ4v) is 3.34. The van der Waals surface area contributed by atoms with E-state index >= 15 is 0 Å². The van der Waals surface area contributed by atoms with Crippen LogP contribution in [0.2, 0.25) is 0 Å². The first-order chi connectivity index (χ1) is 12.7. The minimum atomic E-state index is -0.479. The molecule has 1 heterocycles. The quantitative estimate of drug-likeness (QED) is 0.869. The third kappa shape index (κ3) is 4.80. The second-order valence-electron chi connectivity index (χ2n) is 7.87. The van der Waals surface area contributed by atoms with Gasteiger partial charge in [0.1, 0.15) is 11.6 Å². The highest BCUT2D eigenvalue weighted by Crippen LogP contribution is 2.35. The Balaban J connectivity index is 1.90. The molecule has 3 rings (SSSR count). The minimum absolute atomic E-state index is 0.0993. The van der Waals surface area contributed by atoms with Crippen LogP contribution in [0.5, 0.6) is 0 Å². The summed E-state index contributed by atoms with van der Waals surface area (Å²) in [5, 5.41) is 2.96. The van der Waals surface area contributed by atoms with Gasteiger partial charge in [0.05, 0.1) is 12.6 Å². The molecular weight excluding hydrogens is 346 g/mol. The third-order valence-electron chi connectivity index (χ3n) is 4.40. The van der Waals surface area contributed by atoms with Crippen LogP contribution >= 0.6 is 0 Å². The van der Waals surface area contributed by atoms with E-state index in [1.54, 1.807) is 0 Å². The molecule has 0 aromatic heterocycles. The molecule has 0 saturated heterocycles. The molecule has 1 amide bonds. The van der Waals surface area contributed by atoms with Gasteiger partial charge < -0.3 is 5.32 Å². The van der Waals surface area contributed by atoms with Crippen molar-refractivity contribution >= 4 is 11.5 Å². The van der Waals surface area contributed by atoms with Gasteiger partial charge in [-0.25, -0.2) is 8.78 Å². The summed E-state index contributed by atoms with van der Waals surface area (Å²) < 4.78 is 27.9. The number of hydrogen-bond acceptors (Lipinski definition) is 2. The van der Waals surface area contributed by atoms with E-state index in [2.05, 4.69) is 5.32 Å². The zero-order chi connectivity index (χ0) is 19.6. The van der Waals surface area contributed by atoms with E-state index in [-0.39, 0.29) is 29.6 Å². The van der Waals surface area contributed by atoms with Crippen LogP contribution in [-0.4, -0.2) is 29.4 Å². The molecule has 27 heavy (non-hydrogen) atoms. The van der Waals surface area contributed by atoms with E-state index in [1.807, 2.05) is 62.1 Å². The molecular formula is C22H24F2N2O. The molecule has 0 bridgehead atoms. The summed E-state index contributed by atoms with van der Waals surface area (Å²) in [5.74, 6) is -1.04. The van der Waals surface area contributed by atoms with Crippen molar-refractivity contribution in [1.29, 1.82) is 0 Å². The van der Waals surface area contributed by atoms with Crippen molar-refractivity contribution in [1.82, 2.24) is 10.2 Å². The molecule has 1 atom stereocenters. The van der Waals surface area contributed by atoms with Gasteiger partial charge in [0.15, 0.2) is 0 Å². The van der Waals surface area contributed by atoms with Gasteiger partial charge in [0, 0.05) is 17.6 Å². The topological polar surface area (TPSA) is 32.3 Å². The largest absolute Gasteiger partial charge is 0.350 e. The Morgan fingerprint density at radius 1 is 1.15 bits per heavy atom. The summed E-state index contributed by atoms with van der Waals surface area (Å²) in [5.41, 5.74) is 1.61. The van der Waals surface area contributed by atoms with E-state index in [4.69, 9.17) is 0 Å². The lowest BCUT2D eigenvalue weighted by molar-refractivity contribution is -0.123. The number of nitrogens with one attached hydrogen (secondary N) is 1. The Morgan fingerprint density at radius 2 is 1.85 bits per heavy atom. The molecule has 2 aromatic rings. The van der Waals surface area contributed by atoms with Crippen molar-refractivity contribution in [3.63, 3.8) is 0 Å². The average Bonchev–Trinajstić information content (AvgIpc) is 2.99. The summed E-state index contributed by atoms with van der Waals surface area (Å²) in [6.45, 7) is 6.32. The molecule has 2 aromatic carbocycles. The highest BCUT2D eigenvalue weighted by molar-refractivity contribution is 5.80. The first kappa shape index (κ1) is 19.2. The van der Waals surface area contributed by atoms with Crippen LogP contribution in [0, 0.1) is 11.6 Å². The molecule has 1 unspecified atom stereocenters. The van der Waals surface area contributed by atoms with Crippen LogP contribution in [0.15, 0.2) is 54.6 Å². The number of carbonyl (C=O) groups excluding carboxylic acids is 1. The summed E-state index contributed by atoms with van der Waals surface area (Å²) in [6.07, 6.45) is 1.91. The van der Waals surface area contributed by atoms with E-state index in [1.165, 1.54) is 6.07 Å². The summed E-state index contributed by atoms with van der Waals surface area (Å²) in [7, 11) is 0. The molecule has 0 radical (unpaired) electrons. The molecule has 1 aliphatic rings. The number of carbonyl (C=O) groups is 1. The van der Waals surface area contributed by atoms with E-state index in [9.17, 15) is 13.6 Å². The predicted octanol–water partition coefficient (Wildman–Crippen LogP) is 4.32. The normalized spacial score (nSPS) is 17.7. The maximum atomic E-state index is 14.3. The van der Waals surface area contributed by atoms with Gasteiger partial charge in [-0.1, -0.05) is 36.4 Å². The Bertz CT molecular complexity index is 856. The van der Waals surface area contributed by atoms with Crippen molar-refractivity contribution in [2.45, 2.75) is 32.4 Å². The molecule has 0 saturated carbocycles. The maximum Gasteiger partial charge on any atom is 0.234 e. The van der Waals surface area contributed by atoms with E-state index in [0.717, 1.165) is 17.7 Å². The second-order valence-corrected chi connectivity index (χ2v) is 7.87. The lowest BCUT2D eigenvalue weighted by atomic mass is 10.0. The van der Waals surface area contributed by atoms with Gasteiger partial charge in [0.2, 0.25) is 5.91 Å². The van der Waals surface area contributed by atoms with Crippen LogP contribution in [0.4, 0.5) is 8.78 Å². The average molecular weight is 370 g/mol. The van der Waals surface area contributed by atoms with Gasteiger partial charge in [-0.3, -0.25) is 9.69 Å². The van der Waals surface area contributed by atoms with E-state index < -0.39 is 11.6 Å². The van der Waals surface area contributed by atoms with Crippen LogP contribution < -0.4 is 5.32 Å². The third-order valence-corrected chi connectivity index (χ3v) is 4.40. The van der Waals surface area contributed by atoms with Crippen molar-refractivity contribution in [3.8, 4) is 0 Å². The molecule has 1 N–H and O–H groups in total. The van der Waals surface area contributed by atoms with Crippen molar-refractivity contribution in [3.05, 3.63) is 77.4 Å². The van der Waals surface area contributed by atoms with Gasteiger partial charge in [-0.2, -0.15) is 0 Å². The molecule has 3 nitrogen and oxygen atoms in total. The standard InChI is InChI=1S/C22H24F2N2O/c1-22(2,3)25-21(27)14-26-13-16(18-12-17(23)9-10-19(18)24)11-20(26)15-7-5-4-6-8-15/h4-12,20H,13-14H2,1-3H3,(H,25,27). The smallest absolute Gasteiger partial charge is 0.234 e. The SMILES string of the molecule is CC(C)(C)NC(=O)CN1CC(c2cc(F)ccc2F)=CC1c1ccccc1. The van der Waals surface area contributed by atoms with Crippen molar-refractivity contribution < 1.29 is 13.6 Å². The minimum Gasteiger partial charge on any atom is -0.350 e. The lowest BCUT2D eigenvalue weighted by Crippen LogP contribution is -2.46. The fraction of sp³-hybridized carbons (Fsp3) is 0.318. The first-order valence-electron chi connectivity index (χ1n) is 8.99. The molecule has 0 spiro atoms. The number of benzene rings is 2. The fourth-order valence-electron chi connectivity index (χ4n) is 3.34. The first-order valence-corrected chi connectivity index (χ1v) is 8.99. The lowest BCUT2D eigenvalue weighted by Gasteiger charge is -2.27. The zero-order valence-electron chi connectivity index (χ0n) is 15.8. The predicted molar refractivity (Wildman–Crippen MR) is 103 cm³/mol. The second kappa shape index (κ2) is 7.61. The van der Waals surface area contributed by atoms with Crippen LogP contribution in [0.25, 0.3) is 5.57 Å². The number of rotatable bonds is 4. The van der Waals surface area contributed by atoms with Crippen LogP contribution in [0.1, 0.15) is 37.9 Å². The van der Waals surface area contributed by atoms with Gasteiger partial charge in [-0.15, -0.1) is 0 Å². The van der Waals surface area contributed by atoms with Crippen molar-refractivity contribution in [2.75, 3.05) is 13.1 Å². The number of nitrogens with zero attached hydrogens (tertiary/aromatic N) is 1. The Hall–Kier alpha value is -2.53. The number of halogens is 2. The van der Waals surface area contributed by atoms with Crippen LogP contribution in [0.3, 0.4) is 0 Å². The number of hydrogen-bond donors (Lipinski definition) is 1. The summed E-state index contributed by atoms with van der Waals surface area (Å²) in [6, 6.07) is 13.0. The molecule has 0 aliphatic carbocycles. The zero-order valence-corrected chi connectivity index (χ0v) is 15.8. The molecule has 5 heteroatoms. The number of amides is 1. The molecule has 1 aliphatic heterocycles. The monoisotopic (exact) mass is 370 g/mol. The highest BCUT2D eigenvalue weighted by Gasteiger charge is 2.30. The molecule has 142 valence electrons. The summed E-state index contributed by atoms with van der Waals surface area (Å²) in [4.78, 5) is 14.4. The Labute approximate surface area is 158 Å². The van der Waals surface area contributed by atoms with E-state index in [0.29, 0.717) is 12.1 Å². The Morgan fingerprint density at radius 3 is 2.52 bits per heavy atom. The summed E-state index contributed by atoms with van der Waals surface area (Å²) >= 11 is 0. The molecule has 0 fully saturated rings. The van der Waals surface area contributed by atoms with Gasteiger partial charge in [-0.05, 0) is 50.1 Å². The Kier molecular flexibility index (Phi) is 5.42. The highest BCUT2D eigenvalue weighted by atomic mass is 19.1. The van der Waals surface area contributed by atoms with Gasteiger partial charge >= 0.3 is 0 Å².